The molecule has 0 rings (SSSR count). The third kappa shape index (κ3) is 11.5. The van der Waals surface area contributed by atoms with Crippen LogP contribution in [0.2, 0.25) is 0 Å². The van der Waals surface area contributed by atoms with E-state index in [4.69, 9.17) is 5.11 Å². The molecule has 0 aromatic carbocycles. The standard InChI is InChI=1S/C10H22N2O2S/c1-9(13)5-7-12-10(14)11-6-3-4-8-15-2/h9,13H,3-8H2,1-2H3,(H2,11,12,14). The number of amides is 2. The summed E-state index contributed by atoms with van der Waals surface area (Å²) in [5, 5.41) is 14.4. The average Bonchev–Trinajstić information content (AvgIpc) is 2.17. The zero-order chi connectivity index (χ0) is 11.5. The maximum atomic E-state index is 11.1. The highest BCUT2D eigenvalue weighted by Crippen LogP contribution is 1.97. The van der Waals surface area contributed by atoms with Crippen LogP contribution in [0.4, 0.5) is 4.79 Å². The molecule has 2 amide bonds. The number of aliphatic hydroxyl groups is 1. The van der Waals surface area contributed by atoms with Gasteiger partial charge in [-0.1, -0.05) is 0 Å². The molecule has 1 unspecified atom stereocenters. The predicted molar refractivity (Wildman–Crippen MR) is 65.3 cm³/mol. The van der Waals surface area contributed by atoms with E-state index in [9.17, 15) is 4.79 Å². The molecule has 5 heteroatoms. The number of aliphatic hydroxyl groups excluding tert-OH is 1. The van der Waals surface area contributed by atoms with E-state index in [1.807, 2.05) is 11.8 Å². The van der Waals surface area contributed by atoms with E-state index in [0.29, 0.717) is 13.0 Å². The summed E-state index contributed by atoms with van der Waals surface area (Å²) in [6, 6.07) is -0.139. The van der Waals surface area contributed by atoms with Crippen LogP contribution in [0.3, 0.4) is 0 Å². The summed E-state index contributed by atoms with van der Waals surface area (Å²) in [7, 11) is 0. The third-order valence-corrected chi connectivity index (χ3v) is 2.61. The molecule has 4 nitrogen and oxygen atoms in total. The maximum absolute atomic E-state index is 11.1. The lowest BCUT2D eigenvalue weighted by Gasteiger charge is -2.08. The van der Waals surface area contributed by atoms with E-state index >= 15 is 0 Å². The molecule has 0 radical (unpaired) electrons. The topological polar surface area (TPSA) is 61.4 Å². The monoisotopic (exact) mass is 234 g/mol. The Labute approximate surface area is 96.2 Å². The van der Waals surface area contributed by atoms with E-state index < -0.39 is 0 Å². The minimum atomic E-state index is -0.355. The van der Waals surface area contributed by atoms with Crippen molar-refractivity contribution in [2.75, 3.05) is 25.1 Å². The molecule has 0 aromatic rings. The zero-order valence-electron chi connectivity index (χ0n) is 9.58. The minimum absolute atomic E-state index is 0.139. The maximum Gasteiger partial charge on any atom is 0.314 e. The van der Waals surface area contributed by atoms with E-state index in [-0.39, 0.29) is 12.1 Å². The number of unbranched alkanes of at least 4 members (excludes halogenated alkanes) is 1. The lowest BCUT2D eigenvalue weighted by atomic mass is 10.3. The highest BCUT2D eigenvalue weighted by atomic mass is 32.2. The van der Waals surface area contributed by atoms with Crippen molar-refractivity contribution in [3.05, 3.63) is 0 Å². The summed E-state index contributed by atoms with van der Waals surface area (Å²) in [4.78, 5) is 11.1. The fourth-order valence-electron chi connectivity index (χ4n) is 1.03. The Morgan fingerprint density at radius 1 is 1.33 bits per heavy atom. The molecule has 0 spiro atoms. The van der Waals surface area contributed by atoms with Crippen LogP contribution in [-0.4, -0.2) is 42.3 Å². The molecular weight excluding hydrogens is 212 g/mol. The van der Waals surface area contributed by atoms with Crippen LogP contribution in [0.1, 0.15) is 26.2 Å². The van der Waals surface area contributed by atoms with Gasteiger partial charge in [-0.05, 0) is 38.2 Å². The van der Waals surface area contributed by atoms with Gasteiger partial charge in [0.05, 0.1) is 6.10 Å². The van der Waals surface area contributed by atoms with Gasteiger partial charge >= 0.3 is 6.03 Å². The zero-order valence-corrected chi connectivity index (χ0v) is 10.4. The Kier molecular flexibility index (Phi) is 9.83. The quantitative estimate of drug-likeness (QED) is 0.553. The van der Waals surface area contributed by atoms with Crippen LogP contribution < -0.4 is 10.6 Å². The van der Waals surface area contributed by atoms with Crippen molar-refractivity contribution < 1.29 is 9.90 Å². The molecule has 0 saturated heterocycles. The molecule has 90 valence electrons. The van der Waals surface area contributed by atoms with Gasteiger partial charge in [0.1, 0.15) is 0 Å². The fourth-order valence-corrected chi connectivity index (χ4v) is 1.52. The molecule has 0 aliphatic heterocycles. The van der Waals surface area contributed by atoms with Gasteiger partial charge in [-0.3, -0.25) is 0 Å². The Hall–Kier alpha value is -0.420. The second-order valence-electron chi connectivity index (χ2n) is 3.52. The number of rotatable bonds is 8. The summed E-state index contributed by atoms with van der Waals surface area (Å²) in [6.45, 7) is 2.96. The van der Waals surface area contributed by atoms with Crippen LogP contribution in [-0.2, 0) is 0 Å². The first-order valence-corrected chi connectivity index (χ1v) is 6.75. The highest BCUT2D eigenvalue weighted by Gasteiger charge is 1.99. The van der Waals surface area contributed by atoms with Crippen LogP contribution >= 0.6 is 11.8 Å². The summed E-state index contributed by atoms with van der Waals surface area (Å²) in [5.74, 6) is 1.14. The lowest BCUT2D eigenvalue weighted by molar-refractivity contribution is 0.183. The highest BCUT2D eigenvalue weighted by molar-refractivity contribution is 7.98. The van der Waals surface area contributed by atoms with Crippen molar-refractivity contribution in [3.63, 3.8) is 0 Å². The van der Waals surface area contributed by atoms with Crippen LogP contribution in [0.5, 0.6) is 0 Å². The normalized spacial score (nSPS) is 12.2. The number of hydrogen-bond acceptors (Lipinski definition) is 3. The number of urea groups is 1. The molecule has 0 bridgehead atoms. The molecule has 0 aliphatic rings. The van der Waals surface area contributed by atoms with Gasteiger partial charge in [0.2, 0.25) is 0 Å². The van der Waals surface area contributed by atoms with Crippen molar-refractivity contribution in [1.29, 1.82) is 0 Å². The third-order valence-electron chi connectivity index (χ3n) is 1.91. The molecule has 0 aromatic heterocycles. The molecule has 3 N–H and O–H groups in total. The predicted octanol–water partition coefficient (Wildman–Crippen LogP) is 1.20. The number of thioether (sulfide) groups is 1. The summed E-state index contributed by atoms with van der Waals surface area (Å²) >= 11 is 1.82. The molecule has 1 atom stereocenters. The minimum Gasteiger partial charge on any atom is -0.393 e. The van der Waals surface area contributed by atoms with Crippen LogP contribution in [0.25, 0.3) is 0 Å². The fraction of sp³-hybridized carbons (Fsp3) is 0.900. The van der Waals surface area contributed by atoms with Crippen molar-refractivity contribution in [1.82, 2.24) is 10.6 Å². The van der Waals surface area contributed by atoms with E-state index in [1.54, 1.807) is 6.92 Å². The Balaban J connectivity index is 3.19. The Bertz CT molecular complexity index is 166. The molecular formula is C10H22N2O2S. The van der Waals surface area contributed by atoms with Crippen molar-refractivity contribution in [2.45, 2.75) is 32.3 Å². The van der Waals surface area contributed by atoms with E-state index in [2.05, 4.69) is 16.9 Å². The molecule has 0 saturated carbocycles. The van der Waals surface area contributed by atoms with Crippen LogP contribution in [0.15, 0.2) is 0 Å². The average molecular weight is 234 g/mol. The van der Waals surface area contributed by atoms with Gasteiger partial charge in [0, 0.05) is 13.1 Å². The van der Waals surface area contributed by atoms with E-state index in [1.165, 1.54) is 0 Å². The smallest absolute Gasteiger partial charge is 0.314 e. The molecule has 0 fully saturated rings. The second kappa shape index (κ2) is 10.1. The SMILES string of the molecule is CSCCCCNC(=O)NCCC(C)O. The van der Waals surface area contributed by atoms with E-state index in [0.717, 1.165) is 25.1 Å². The van der Waals surface area contributed by atoms with Crippen LogP contribution in [0, 0.1) is 0 Å². The largest absolute Gasteiger partial charge is 0.393 e. The first kappa shape index (κ1) is 14.6. The number of hydrogen-bond donors (Lipinski definition) is 3. The van der Waals surface area contributed by atoms with Gasteiger partial charge in [0.25, 0.3) is 0 Å². The molecule has 15 heavy (non-hydrogen) atoms. The Morgan fingerprint density at radius 2 is 2.00 bits per heavy atom. The Morgan fingerprint density at radius 3 is 2.60 bits per heavy atom. The molecule has 0 aliphatic carbocycles. The second-order valence-corrected chi connectivity index (χ2v) is 4.51. The summed E-state index contributed by atoms with van der Waals surface area (Å²) in [5.41, 5.74) is 0. The lowest BCUT2D eigenvalue weighted by Crippen LogP contribution is -2.37. The van der Waals surface area contributed by atoms with Crippen molar-refractivity contribution >= 4 is 17.8 Å². The van der Waals surface area contributed by atoms with Crippen molar-refractivity contribution in [3.8, 4) is 0 Å². The van der Waals surface area contributed by atoms with Gasteiger partial charge in [-0.15, -0.1) is 0 Å². The number of carbonyl (C=O) groups is 1. The number of nitrogens with one attached hydrogen (secondary N) is 2. The van der Waals surface area contributed by atoms with Gasteiger partial charge in [-0.25, -0.2) is 4.79 Å². The summed E-state index contributed by atoms with van der Waals surface area (Å²) in [6.07, 6.45) is 4.47. The first-order valence-electron chi connectivity index (χ1n) is 5.35. The summed E-state index contributed by atoms with van der Waals surface area (Å²) < 4.78 is 0. The van der Waals surface area contributed by atoms with Gasteiger partial charge in [-0.2, -0.15) is 11.8 Å². The molecule has 0 heterocycles. The van der Waals surface area contributed by atoms with Gasteiger partial charge in [0.15, 0.2) is 0 Å². The first-order chi connectivity index (χ1) is 7.16. The van der Waals surface area contributed by atoms with Gasteiger partial charge < -0.3 is 15.7 Å². The number of carbonyl (C=O) groups excluding carboxylic acids is 1. The van der Waals surface area contributed by atoms with Crippen molar-refractivity contribution in [2.24, 2.45) is 0 Å².